The predicted molar refractivity (Wildman–Crippen MR) is 137 cm³/mol. The molecule has 1 unspecified atom stereocenters. The molecule has 0 aliphatic carbocycles. The number of rotatable bonds is 5. The largest absolute Gasteiger partial charge is 0.338 e. The molecule has 0 radical (unpaired) electrons. The van der Waals surface area contributed by atoms with E-state index in [1.807, 2.05) is 49.1 Å². The zero-order valence-corrected chi connectivity index (χ0v) is 20.2. The molecule has 5 rings (SSSR count). The maximum absolute atomic E-state index is 13.2. The number of nitrogens with one attached hydrogen (secondary N) is 1. The maximum atomic E-state index is 13.2. The number of hydrogen-bond donors (Lipinski definition) is 1. The first-order valence-corrected chi connectivity index (χ1v) is 12.0. The summed E-state index contributed by atoms with van der Waals surface area (Å²) in [4.78, 5) is 27.5. The molecule has 1 aliphatic rings. The van der Waals surface area contributed by atoms with Crippen molar-refractivity contribution in [1.29, 1.82) is 0 Å². The number of nitrogens with zero attached hydrogens (tertiary/aromatic N) is 3. The number of aromatic nitrogens is 2. The molecule has 182 valence electrons. The molecule has 7 heteroatoms. The molecule has 3 aromatic carbocycles. The number of anilines is 1. The molecule has 0 saturated carbocycles. The van der Waals surface area contributed by atoms with Crippen molar-refractivity contribution in [3.8, 4) is 5.69 Å². The highest BCUT2D eigenvalue weighted by atomic mass is 19.1. The van der Waals surface area contributed by atoms with Gasteiger partial charge in [0.1, 0.15) is 5.82 Å². The number of amides is 2. The Hall–Kier alpha value is -4.26. The van der Waals surface area contributed by atoms with Crippen LogP contribution in [0.5, 0.6) is 0 Å². The number of hydrogen-bond acceptors (Lipinski definition) is 3. The Balaban J connectivity index is 1.22. The first kappa shape index (κ1) is 23.5. The van der Waals surface area contributed by atoms with E-state index < -0.39 is 0 Å². The number of benzene rings is 3. The summed E-state index contributed by atoms with van der Waals surface area (Å²) >= 11 is 0. The van der Waals surface area contributed by atoms with E-state index in [0.29, 0.717) is 29.9 Å². The minimum absolute atomic E-state index is 0.0203. The van der Waals surface area contributed by atoms with Crippen molar-refractivity contribution in [2.45, 2.75) is 26.2 Å². The molecule has 4 aromatic rings. The Morgan fingerprint density at radius 1 is 1.00 bits per heavy atom. The highest BCUT2D eigenvalue weighted by Crippen LogP contribution is 2.28. The highest BCUT2D eigenvalue weighted by molar-refractivity contribution is 6.05. The van der Waals surface area contributed by atoms with E-state index in [1.54, 1.807) is 41.3 Å². The van der Waals surface area contributed by atoms with E-state index in [9.17, 15) is 14.0 Å². The summed E-state index contributed by atoms with van der Waals surface area (Å²) in [5.74, 6) is -0.237. The Morgan fingerprint density at radius 2 is 1.75 bits per heavy atom. The van der Waals surface area contributed by atoms with E-state index in [0.717, 1.165) is 28.8 Å². The van der Waals surface area contributed by atoms with Crippen LogP contribution in [0.15, 0.2) is 79.1 Å². The molecule has 1 fully saturated rings. The number of carbonyl (C=O) groups excluding carboxylic acids is 2. The Morgan fingerprint density at radius 3 is 2.47 bits per heavy atom. The van der Waals surface area contributed by atoms with Crippen LogP contribution in [0.2, 0.25) is 0 Å². The van der Waals surface area contributed by atoms with Crippen LogP contribution >= 0.6 is 0 Å². The molecule has 1 N–H and O–H groups in total. The molecule has 6 nitrogen and oxygen atoms in total. The van der Waals surface area contributed by atoms with Crippen molar-refractivity contribution in [2.75, 3.05) is 18.4 Å². The number of likely N-dealkylation sites (tertiary alicyclic amines) is 1. The molecule has 1 aromatic heterocycles. The second-order valence-electron chi connectivity index (χ2n) is 9.28. The molecule has 1 atom stereocenters. The fourth-order valence-electron chi connectivity index (χ4n) is 4.69. The van der Waals surface area contributed by atoms with Crippen LogP contribution in [-0.4, -0.2) is 39.6 Å². The molecule has 1 saturated heterocycles. The lowest BCUT2D eigenvalue weighted by Gasteiger charge is -2.17. The van der Waals surface area contributed by atoms with Gasteiger partial charge in [-0.3, -0.25) is 9.59 Å². The summed E-state index contributed by atoms with van der Waals surface area (Å²) in [6, 6.07) is 19.5. The Kier molecular flexibility index (Phi) is 6.38. The molecule has 0 spiro atoms. The maximum Gasteiger partial charge on any atom is 0.256 e. The second-order valence-corrected chi connectivity index (χ2v) is 9.28. The summed E-state index contributed by atoms with van der Waals surface area (Å²) in [5, 5.41) is 7.24. The topological polar surface area (TPSA) is 67.2 Å². The quantitative estimate of drug-likeness (QED) is 0.408. The van der Waals surface area contributed by atoms with E-state index >= 15 is 0 Å². The molecule has 36 heavy (non-hydrogen) atoms. The van der Waals surface area contributed by atoms with Crippen LogP contribution in [-0.2, 0) is 0 Å². The van der Waals surface area contributed by atoms with Crippen molar-refractivity contribution in [3.63, 3.8) is 0 Å². The normalized spacial score (nSPS) is 15.2. The summed E-state index contributed by atoms with van der Waals surface area (Å²) in [7, 11) is 0. The van der Waals surface area contributed by atoms with Gasteiger partial charge in [-0.15, -0.1) is 0 Å². The van der Waals surface area contributed by atoms with Gasteiger partial charge in [-0.25, -0.2) is 9.07 Å². The lowest BCUT2D eigenvalue weighted by Crippen LogP contribution is -2.28. The average Bonchev–Trinajstić information content (AvgIpc) is 3.54. The zero-order chi connectivity index (χ0) is 25.2. The van der Waals surface area contributed by atoms with Crippen molar-refractivity contribution < 1.29 is 14.0 Å². The van der Waals surface area contributed by atoms with Crippen molar-refractivity contribution in [3.05, 3.63) is 113 Å². The molecule has 1 aliphatic heterocycles. The van der Waals surface area contributed by atoms with Crippen LogP contribution < -0.4 is 5.32 Å². The predicted octanol–water partition coefficient (Wildman–Crippen LogP) is 5.51. The summed E-state index contributed by atoms with van der Waals surface area (Å²) < 4.78 is 14.9. The van der Waals surface area contributed by atoms with Gasteiger partial charge in [-0.05, 0) is 73.9 Å². The van der Waals surface area contributed by atoms with Crippen LogP contribution in [0.25, 0.3) is 5.69 Å². The van der Waals surface area contributed by atoms with E-state index in [4.69, 9.17) is 0 Å². The van der Waals surface area contributed by atoms with Gasteiger partial charge in [-0.2, -0.15) is 5.10 Å². The van der Waals surface area contributed by atoms with Gasteiger partial charge < -0.3 is 10.2 Å². The Bertz CT molecular complexity index is 1410. The first-order valence-electron chi connectivity index (χ1n) is 12.0. The highest BCUT2D eigenvalue weighted by Gasteiger charge is 2.28. The van der Waals surface area contributed by atoms with Crippen molar-refractivity contribution >= 4 is 17.5 Å². The van der Waals surface area contributed by atoms with Crippen LogP contribution in [0.4, 0.5) is 10.1 Å². The molecule has 2 heterocycles. The first-order chi connectivity index (χ1) is 17.4. The van der Waals surface area contributed by atoms with Crippen LogP contribution in [0.3, 0.4) is 0 Å². The third kappa shape index (κ3) is 4.91. The third-order valence-corrected chi connectivity index (χ3v) is 6.66. The minimum Gasteiger partial charge on any atom is -0.338 e. The molecule has 2 amide bonds. The van der Waals surface area contributed by atoms with Gasteiger partial charge in [0.15, 0.2) is 0 Å². The van der Waals surface area contributed by atoms with E-state index in [1.165, 1.54) is 12.1 Å². The fourth-order valence-corrected chi connectivity index (χ4v) is 4.69. The third-order valence-electron chi connectivity index (χ3n) is 6.66. The van der Waals surface area contributed by atoms with E-state index in [-0.39, 0.29) is 23.5 Å². The summed E-state index contributed by atoms with van der Waals surface area (Å²) in [6.07, 6.45) is 4.20. The summed E-state index contributed by atoms with van der Waals surface area (Å²) in [6.45, 7) is 5.20. The zero-order valence-electron chi connectivity index (χ0n) is 20.2. The number of carbonyl (C=O) groups is 2. The average molecular weight is 483 g/mol. The standard InChI is InChI=1S/C29H27FN4O2/c1-19-3-12-27(20(2)15-19)28(35)32-25-16-31-34(18-25)26-10-6-22(7-11-26)29(36)33-14-13-23(17-33)21-4-8-24(30)9-5-21/h3-12,15-16,18,23H,13-14,17H2,1-2H3,(H,32,35). The van der Waals surface area contributed by atoms with Crippen molar-refractivity contribution in [2.24, 2.45) is 0 Å². The number of halogens is 1. The lowest BCUT2D eigenvalue weighted by molar-refractivity contribution is 0.0790. The lowest BCUT2D eigenvalue weighted by atomic mass is 9.98. The van der Waals surface area contributed by atoms with Gasteiger partial charge in [0.2, 0.25) is 0 Å². The van der Waals surface area contributed by atoms with Gasteiger partial charge in [-0.1, -0.05) is 29.8 Å². The monoisotopic (exact) mass is 482 g/mol. The van der Waals surface area contributed by atoms with Gasteiger partial charge in [0, 0.05) is 30.1 Å². The number of aryl methyl sites for hydroxylation is 2. The summed E-state index contributed by atoms with van der Waals surface area (Å²) in [5.41, 5.74) is 5.68. The van der Waals surface area contributed by atoms with Gasteiger partial charge in [0.25, 0.3) is 11.8 Å². The van der Waals surface area contributed by atoms with Gasteiger partial charge in [0.05, 0.1) is 23.8 Å². The SMILES string of the molecule is Cc1ccc(C(=O)Nc2cnn(-c3ccc(C(=O)N4CCC(c5ccc(F)cc5)C4)cc3)c2)c(C)c1. The van der Waals surface area contributed by atoms with Crippen molar-refractivity contribution in [1.82, 2.24) is 14.7 Å². The second kappa shape index (κ2) is 9.77. The molecular formula is C29H27FN4O2. The van der Waals surface area contributed by atoms with Crippen LogP contribution in [0.1, 0.15) is 49.7 Å². The molecular weight excluding hydrogens is 455 g/mol. The Labute approximate surface area is 209 Å². The smallest absolute Gasteiger partial charge is 0.256 e. The molecule has 0 bridgehead atoms. The minimum atomic E-state index is -0.252. The van der Waals surface area contributed by atoms with Crippen LogP contribution in [0, 0.1) is 19.7 Å². The fraction of sp³-hybridized carbons (Fsp3) is 0.207. The van der Waals surface area contributed by atoms with E-state index in [2.05, 4.69) is 10.4 Å². The van der Waals surface area contributed by atoms with Gasteiger partial charge >= 0.3 is 0 Å².